The van der Waals surface area contributed by atoms with Gasteiger partial charge in [0, 0.05) is 29.6 Å². The molecular weight excluding hydrogens is 330 g/mol. The summed E-state index contributed by atoms with van der Waals surface area (Å²) in [6.07, 6.45) is 1.72. The Labute approximate surface area is 142 Å². The standard InChI is InChI=1S/C17H14ClN3O3/c18-12-4-5-13-11(9-12)10-14(24-13)17(23)20-8-6-16(22)21-15-3-1-2-7-19-15/h1-5,7,9-10H,6,8H2,(H,20,23)(H,19,21,22). The average molecular weight is 344 g/mol. The van der Waals surface area contributed by atoms with Gasteiger partial charge in [-0.25, -0.2) is 4.98 Å². The van der Waals surface area contributed by atoms with E-state index in [9.17, 15) is 9.59 Å². The largest absolute Gasteiger partial charge is 0.451 e. The number of aromatic nitrogens is 1. The highest BCUT2D eigenvalue weighted by atomic mass is 35.5. The highest BCUT2D eigenvalue weighted by molar-refractivity contribution is 6.31. The fourth-order valence-corrected chi connectivity index (χ4v) is 2.33. The van der Waals surface area contributed by atoms with Crippen molar-refractivity contribution in [1.29, 1.82) is 0 Å². The number of hydrogen-bond acceptors (Lipinski definition) is 4. The Bertz CT molecular complexity index is 877. The van der Waals surface area contributed by atoms with Gasteiger partial charge < -0.3 is 15.1 Å². The number of benzene rings is 1. The van der Waals surface area contributed by atoms with Gasteiger partial charge in [0.25, 0.3) is 5.91 Å². The van der Waals surface area contributed by atoms with Gasteiger partial charge in [0.15, 0.2) is 5.76 Å². The van der Waals surface area contributed by atoms with Crippen LogP contribution in [-0.4, -0.2) is 23.3 Å². The van der Waals surface area contributed by atoms with E-state index in [4.69, 9.17) is 16.0 Å². The summed E-state index contributed by atoms with van der Waals surface area (Å²) in [5.41, 5.74) is 0.581. The number of rotatable bonds is 5. The molecule has 0 aliphatic rings. The van der Waals surface area contributed by atoms with Gasteiger partial charge in [0.05, 0.1) is 0 Å². The summed E-state index contributed by atoms with van der Waals surface area (Å²) in [7, 11) is 0. The maximum absolute atomic E-state index is 12.1. The van der Waals surface area contributed by atoms with E-state index >= 15 is 0 Å². The van der Waals surface area contributed by atoms with E-state index in [1.54, 1.807) is 48.7 Å². The molecule has 0 unspecified atom stereocenters. The molecular formula is C17H14ClN3O3. The second kappa shape index (κ2) is 7.14. The lowest BCUT2D eigenvalue weighted by Gasteiger charge is -2.04. The van der Waals surface area contributed by atoms with Crippen molar-refractivity contribution in [2.24, 2.45) is 0 Å². The second-order valence-electron chi connectivity index (χ2n) is 5.06. The van der Waals surface area contributed by atoms with Crippen molar-refractivity contribution in [2.45, 2.75) is 6.42 Å². The Morgan fingerprint density at radius 2 is 2.04 bits per heavy atom. The zero-order valence-corrected chi connectivity index (χ0v) is 13.3. The van der Waals surface area contributed by atoms with Crippen LogP contribution in [0.15, 0.2) is 53.1 Å². The van der Waals surface area contributed by atoms with Crippen LogP contribution in [0.5, 0.6) is 0 Å². The Balaban J connectivity index is 1.52. The molecule has 0 radical (unpaired) electrons. The predicted molar refractivity (Wildman–Crippen MR) is 91.0 cm³/mol. The summed E-state index contributed by atoms with van der Waals surface area (Å²) in [5, 5.41) is 6.61. The minimum Gasteiger partial charge on any atom is -0.451 e. The fraction of sp³-hybridized carbons (Fsp3) is 0.118. The zero-order valence-electron chi connectivity index (χ0n) is 12.6. The lowest BCUT2D eigenvalue weighted by molar-refractivity contribution is -0.116. The number of fused-ring (bicyclic) bond motifs is 1. The number of nitrogens with one attached hydrogen (secondary N) is 2. The molecule has 1 aromatic carbocycles. The SMILES string of the molecule is O=C(CCNC(=O)c1cc2cc(Cl)ccc2o1)Nc1ccccn1. The molecule has 2 aromatic heterocycles. The molecule has 3 rings (SSSR count). The first-order valence-corrected chi connectivity index (χ1v) is 7.68. The zero-order chi connectivity index (χ0) is 16.9. The molecule has 2 N–H and O–H groups in total. The molecule has 24 heavy (non-hydrogen) atoms. The summed E-state index contributed by atoms with van der Waals surface area (Å²) >= 11 is 5.90. The summed E-state index contributed by atoms with van der Waals surface area (Å²) in [6, 6.07) is 12.0. The molecule has 3 aromatic rings. The van der Waals surface area contributed by atoms with E-state index in [0.29, 0.717) is 16.4 Å². The van der Waals surface area contributed by atoms with Gasteiger partial charge in [-0.2, -0.15) is 0 Å². The summed E-state index contributed by atoms with van der Waals surface area (Å²) in [4.78, 5) is 27.8. The Morgan fingerprint density at radius 1 is 1.17 bits per heavy atom. The number of carbonyl (C=O) groups is 2. The molecule has 2 amide bonds. The second-order valence-corrected chi connectivity index (χ2v) is 5.50. The molecule has 0 aliphatic carbocycles. The van der Waals surface area contributed by atoms with E-state index in [1.807, 2.05) is 0 Å². The molecule has 6 nitrogen and oxygen atoms in total. The summed E-state index contributed by atoms with van der Waals surface area (Å²) in [6.45, 7) is 0.190. The van der Waals surface area contributed by atoms with Gasteiger partial charge in [-0.15, -0.1) is 0 Å². The van der Waals surface area contributed by atoms with Crippen LogP contribution in [0.3, 0.4) is 0 Å². The molecule has 0 fully saturated rings. The Hall–Kier alpha value is -2.86. The Morgan fingerprint density at radius 3 is 2.83 bits per heavy atom. The van der Waals surface area contributed by atoms with E-state index in [-0.39, 0.29) is 30.5 Å². The van der Waals surface area contributed by atoms with Crippen LogP contribution >= 0.6 is 11.6 Å². The predicted octanol–water partition coefficient (Wildman–Crippen LogP) is 3.24. The van der Waals surface area contributed by atoms with Crippen LogP contribution in [0.4, 0.5) is 5.82 Å². The quantitative estimate of drug-likeness (QED) is 0.744. The van der Waals surface area contributed by atoms with Crippen LogP contribution in [0.25, 0.3) is 11.0 Å². The average Bonchev–Trinajstić information content (AvgIpc) is 2.99. The number of hydrogen-bond donors (Lipinski definition) is 2. The van der Waals surface area contributed by atoms with Crippen LogP contribution in [0, 0.1) is 0 Å². The van der Waals surface area contributed by atoms with Crippen LogP contribution in [0.1, 0.15) is 17.0 Å². The smallest absolute Gasteiger partial charge is 0.287 e. The van der Waals surface area contributed by atoms with Gasteiger partial charge >= 0.3 is 0 Å². The minimum atomic E-state index is -0.382. The third kappa shape index (κ3) is 3.91. The summed E-state index contributed by atoms with van der Waals surface area (Å²) in [5.74, 6) is 0.0405. The number of carbonyl (C=O) groups excluding carboxylic acids is 2. The third-order valence-electron chi connectivity index (χ3n) is 3.27. The van der Waals surface area contributed by atoms with Crippen molar-refractivity contribution in [3.05, 3.63) is 59.4 Å². The molecule has 0 aliphatic heterocycles. The van der Waals surface area contributed by atoms with Crippen LogP contribution in [0.2, 0.25) is 5.02 Å². The van der Waals surface area contributed by atoms with Crippen LogP contribution in [-0.2, 0) is 4.79 Å². The molecule has 0 atom stereocenters. The van der Waals surface area contributed by atoms with Gasteiger partial charge in [0.1, 0.15) is 11.4 Å². The molecule has 0 saturated heterocycles. The van der Waals surface area contributed by atoms with Crippen molar-refractivity contribution in [1.82, 2.24) is 10.3 Å². The molecule has 0 bridgehead atoms. The van der Waals surface area contributed by atoms with Gasteiger partial charge in [-0.3, -0.25) is 9.59 Å². The summed E-state index contributed by atoms with van der Waals surface area (Å²) < 4.78 is 5.46. The van der Waals surface area contributed by atoms with E-state index in [1.165, 1.54) is 0 Å². The molecule has 122 valence electrons. The maximum atomic E-state index is 12.1. The van der Waals surface area contributed by atoms with E-state index in [2.05, 4.69) is 15.6 Å². The third-order valence-corrected chi connectivity index (χ3v) is 3.51. The Kier molecular flexibility index (Phi) is 4.77. The lowest BCUT2D eigenvalue weighted by Crippen LogP contribution is -2.27. The van der Waals surface area contributed by atoms with Crippen LogP contribution < -0.4 is 10.6 Å². The van der Waals surface area contributed by atoms with Crippen molar-refractivity contribution < 1.29 is 14.0 Å². The van der Waals surface area contributed by atoms with Gasteiger partial charge in [0.2, 0.25) is 5.91 Å². The first-order chi connectivity index (χ1) is 11.6. The highest BCUT2D eigenvalue weighted by Crippen LogP contribution is 2.22. The van der Waals surface area contributed by atoms with Crippen molar-refractivity contribution in [2.75, 3.05) is 11.9 Å². The van der Waals surface area contributed by atoms with E-state index < -0.39 is 0 Å². The topological polar surface area (TPSA) is 84.2 Å². The molecule has 7 heteroatoms. The maximum Gasteiger partial charge on any atom is 0.287 e. The fourth-order valence-electron chi connectivity index (χ4n) is 2.14. The first kappa shape index (κ1) is 16.0. The van der Waals surface area contributed by atoms with Crippen molar-refractivity contribution >= 4 is 40.2 Å². The normalized spacial score (nSPS) is 10.5. The monoisotopic (exact) mass is 343 g/mol. The van der Waals surface area contributed by atoms with E-state index in [0.717, 1.165) is 5.39 Å². The number of nitrogens with zero attached hydrogens (tertiary/aromatic N) is 1. The first-order valence-electron chi connectivity index (χ1n) is 7.30. The number of anilines is 1. The van der Waals surface area contributed by atoms with Crippen molar-refractivity contribution in [3.8, 4) is 0 Å². The number of furan rings is 1. The number of halogens is 1. The molecule has 0 spiro atoms. The number of pyridine rings is 1. The van der Waals surface area contributed by atoms with Crippen molar-refractivity contribution in [3.63, 3.8) is 0 Å². The minimum absolute atomic E-state index is 0.133. The van der Waals surface area contributed by atoms with Gasteiger partial charge in [-0.1, -0.05) is 17.7 Å². The molecule has 2 heterocycles. The lowest BCUT2D eigenvalue weighted by atomic mass is 10.2. The van der Waals surface area contributed by atoms with Gasteiger partial charge in [-0.05, 0) is 36.4 Å². The molecule has 0 saturated carbocycles. The number of amides is 2. The highest BCUT2D eigenvalue weighted by Gasteiger charge is 2.12.